The summed E-state index contributed by atoms with van der Waals surface area (Å²) in [7, 11) is 0. The first-order valence-electron chi connectivity index (χ1n) is 6.12. The quantitative estimate of drug-likeness (QED) is 0.579. The van der Waals surface area contributed by atoms with Crippen LogP contribution in [0.2, 0.25) is 0 Å². The SMILES string of the molecule is CCCCCC=Cc1cccc(CC)c1. The van der Waals surface area contributed by atoms with E-state index in [1.807, 2.05) is 0 Å². The molecular formula is C15H22. The summed E-state index contributed by atoms with van der Waals surface area (Å²) in [6.45, 7) is 4.44. The van der Waals surface area contributed by atoms with Crippen LogP contribution in [0.1, 0.15) is 50.7 Å². The first-order valence-corrected chi connectivity index (χ1v) is 6.12. The van der Waals surface area contributed by atoms with Gasteiger partial charge in [0.15, 0.2) is 0 Å². The minimum absolute atomic E-state index is 1.12. The molecule has 0 radical (unpaired) electrons. The van der Waals surface area contributed by atoms with E-state index in [4.69, 9.17) is 0 Å². The van der Waals surface area contributed by atoms with E-state index in [1.54, 1.807) is 0 Å². The highest BCUT2D eigenvalue weighted by Crippen LogP contribution is 2.09. The third kappa shape index (κ3) is 4.83. The number of allylic oxidation sites excluding steroid dienone is 1. The molecule has 0 aliphatic carbocycles. The van der Waals surface area contributed by atoms with Crippen molar-refractivity contribution in [1.82, 2.24) is 0 Å². The van der Waals surface area contributed by atoms with Gasteiger partial charge in [0.05, 0.1) is 0 Å². The Hall–Kier alpha value is -1.04. The highest BCUT2D eigenvalue weighted by molar-refractivity contribution is 5.50. The zero-order valence-electron chi connectivity index (χ0n) is 10.00. The number of hydrogen-bond acceptors (Lipinski definition) is 0. The van der Waals surface area contributed by atoms with Gasteiger partial charge in [0.2, 0.25) is 0 Å². The van der Waals surface area contributed by atoms with Crippen LogP contribution in [0.5, 0.6) is 0 Å². The van der Waals surface area contributed by atoms with Crippen LogP contribution in [-0.2, 0) is 6.42 Å². The molecule has 0 aliphatic heterocycles. The Morgan fingerprint density at radius 2 is 2.00 bits per heavy atom. The monoisotopic (exact) mass is 202 g/mol. The second-order valence-corrected chi connectivity index (χ2v) is 4.00. The lowest BCUT2D eigenvalue weighted by Crippen LogP contribution is -1.80. The van der Waals surface area contributed by atoms with Crippen LogP contribution in [0, 0.1) is 0 Å². The predicted molar refractivity (Wildman–Crippen MR) is 69.0 cm³/mol. The average molecular weight is 202 g/mol. The summed E-state index contributed by atoms with van der Waals surface area (Å²) in [5.41, 5.74) is 2.76. The topological polar surface area (TPSA) is 0 Å². The van der Waals surface area contributed by atoms with Gasteiger partial charge >= 0.3 is 0 Å². The maximum atomic E-state index is 2.30. The number of rotatable bonds is 6. The van der Waals surface area contributed by atoms with Crippen LogP contribution in [0.4, 0.5) is 0 Å². The van der Waals surface area contributed by atoms with Crippen molar-refractivity contribution in [2.75, 3.05) is 0 Å². The maximum absolute atomic E-state index is 2.30. The van der Waals surface area contributed by atoms with Crippen LogP contribution >= 0.6 is 0 Å². The van der Waals surface area contributed by atoms with E-state index in [9.17, 15) is 0 Å². The first kappa shape index (κ1) is 12.0. The molecule has 1 aromatic rings. The van der Waals surface area contributed by atoms with Crippen molar-refractivity contribution >= 4 is 6.08 Å². The number of unbranched alkanes of at least 4 members (excludes halogenated alkanes) is 3. The third-order valence-electron chi connectivity index (χ3n) is 2.64. The van der Waals surface area contributed by atoms with Gasteiger partial charge in [-0.05, 0) is 30.4 Å². The van der Waals surface area contributed by atoms with Crippen LogP contribution in [0.15, 0.2) is 30.3 Å². The fourth-order valence-electron chi connectivity index (χ4n) is 1.65. The standard InChI is InChI=1S/C15H22/c1-3-5-6-7-8-10-15-12-9-11-14(4-2)13-15/h8-13H,3-7H2,1-2H3. The Morgan fingerprint density at radius 3 is 2.73 bits per heavy atom. The third-order valence-corrected chi connectivity index (χ3v) is 2.64. The fourth-order valence-corrected chi connectivity index (χ4v) is 1.65. The molecule has 1 rings (SSSR count). The van der Waals surface area contributed by atoms with Gasteiger partial charge in [0.1, 0.15) is 0 Å². The van der Waals surface area contributed by atoms with Crippen molar-refractivity contribution in [3.05, 3.63) is 41.5 Å². The highest BCUT2D eigenvalue weighted by Gasteiger charge is 1.89. The molecule has 0 aliphatic rings. The summed E-state index contributed by atoms with van der Waals surface area (Å²) >= 11 is 0. The second-order valence-electron chi connectivity index (χ2n) is 4.00. The minimum atomic E-state index is 1.12. The van der Waals surface area contributed by atoms with Gasteiger partial charge in [-0.25, -0.2) is 0 Å². The normalized spacial score (nSPS) is 11.1. The maximum Gasteiger partial charge on any atom is -0.0257 e. The molecule has 0 spiro atoms. The minimum Gasteiger partial charge on any atom is -0.0839 e. The molecule has 0 fully saturated rings. The molecule has 0 bridgehead atoms. The van der Waals surface area contributed by atoms with E-state index in [0.29, 0.717) is 0 Å². The molecule has 0 unspecified atom stereocenters. The second kappa shape index (κ2) is 7.28. The van der Waals surface area contributed by atoms with Gasteiger partial charge in [-0.15, -0.1) is 0 Å². The van der Waals surface area contributed by atoms with Crippen molar-refractivity contribution in [1.29, 1.82) is 0 Å². The molecule has 0 saturated carbocycles. The Labute approximate surface area is 94.0 Å². The van der Waals surface area contributed by atoms with Crippen LogP contribution in [0.25, 0.3) is 6.08 Å². The molecule has 0 heterocycles. The van der Waals surface area contributed by atoms with Crippen molar-refractivity contribution in [3.63, 3.8) is 0 Å². The van der Waals surface area contributed by atoms with E-state index in [0.717, 1.165) is 6.42 Å². The van der Waals surface area contributed by atoms with Gasteiger partial charge < -0.3 is 0 Å². The molecular weight excluding hydrogens is 180 g/mol. The van der Waals surface area contributed by atoms with E-state index < -0.39 is 0 Å². The van der Waals surface area contributed by atoms with Crippen LogP contribution in [-0.4, -0.2) is 0 Å². The lowest BCUT2D eigenvalue weighted by Gasteiger charge is -1.98. The van der Waals surface area contributed by atoms with Gasteiger partial charge in [-0.1, -0.05) is 63.1 Å². The molecule has 0 nitrogen and oxygen atoms in total. The molecule has 0 N–H and O–H groups in total. The van der Waals surface area contributed by atoms with Gasteiger partial charge in [0.25, 0.3) is 0 Å². The molecule has 1 aromatic carbocycles. The molecule has 0 heteroatoms. The summed E-state index contributed by atoms with van der Waals surface area (Å²) in [6, 6.07) is 8.78. The number of aryl methyl sites for hydroxylation is 1. The summed E-state index contributed by atoms with van der Waals surface area (Å²) in [5, 5.41) is 0. The largest absolute Gasteiger partial charge is 0.0839 e. The highest BCUT2D eigenvalue weighted by atomic mass is 14.0. The fraction of sp³-hybridized carbons (Fsp3) is 0.467. The Balaban J connectivity index is 2.41. The first-order chi connectivity index (χ1) is 7.36. The molecule has 0 atom stereocenters. The van der Waals surface area contributed by atoms with Crippen molar-refractivity contribution in [3.8, 4) is 0 Å². The Bertz CT molecular complexity index is 297. The average Bonchev–Trinajstić information content (AvgIpc) is 2.29. The molecule has 0 aromatic heterocycles. The lowest BCUT2D eigenvalue weighted by atomic mass is 10.1. The summed E-state index contributed by atoms with van der Waals surface area (Å²) in [5.74, 6) is 0. The van der Waals surface area contributed by atoms with E-state index in [1.165, 1.54) is 36.8 Å². The van der Waals surface area contributed by atoms with Crippen molar-refractivity contribution in [2.45, 2.75) is 46.0 Å². The molecule has 0 amide bonds. The zero-order chi connectivity index (χ0) is 10.9. The number of benzene rings is 1. The lowest BCUT2D eigenvalue weighted by molar-refractivity contribution is 0.730. The Morgan fingerprint density at radius 1 is 1.13 bits per heavy atom. The zero-order valence-corrected chi connectivity index (χ0v) is 10.00. The van der Waals surface area contributed by atoms with Gasteiger partial charge in [-0.3, -0.25) is 0 Å². The van der Waals surface area contributed by atoms with Crippen molar-refractivity contribution < 1.29 is 0 Å². The van der Waals surface area contributed by atoms with Gasteiger partial charge in [0, 0.05) is 0 Å². The molecule has 0 saturated heterocycles. The van der Waals surface area contributed by atoms with E-state index in [-0.39, 0.29) is 0 Å². The predicted octanol–water partition coefficient (Wildman–Crippen LogP) is 4.84. The van der Waals surface area contributed by atoms with Crippen LogP contribution < -0.4 is 0 Å². The van der Waals surface area contributed by atoms with E-state index in [2.05, 4.69) is 50.3 Å². The van der Waals surface area contributed by atoms with E-state index >= 15 is 0 Å². The molecule has 82 valence electrons. The van der Waals surface area contributed by atoms with Gasteiger partial charge in [-0.2, -0.15) is 0 Å². The summed E-state index contributed by atoms with van der Waals surface area (Å²) in [6.07, 6.45) is 10.8. The summed E-state index contributed by atoms with van der Waals surface area (Å²) < 4.78 is 0. The Kier molecular flexibility index (Phi) is 5.84. The molecule has 15 heavy (non-hydrogen) atoms. The summed E-state index contributed by atoms with van der Waals surface area (Å²) in [4.78, 5) is 0. The number of hydrogen-bond donors (Lipinski definition) is 0. The van der Waals surface area contributed by atoms with Crippen molar-refractivity contribution in [2.24, 2.45) is 0 Å². The smallest absolute Gasteiger partial charge is 0.0257 e. The van der Waals surface area contributed by atoms with Crippen LogP contribution in [0.3, 0.4) is 0 Å².